The zero-order chi connectivity index (χ0) is 16.3. The minimum atomic E-state index is -0.633. The number of halogens is 1. The average molecular weight is 328 g/mol. The van der Waals surface area contributed by atoms with Crippen LogP contribution >= 0.6 is 11.6 Å². The molecule has 0 aliphatic carbocycles. The van der Waals surface area contributed by atoms with Gasteiger partial charge in [-0.1, -0.05) is 0 Å². The van der Waals surface area contributed by atoms with Crippen molar-refractivity contribution < 1.29 is 9.53 Å². The Morgan fingerprint density at radius 1 is 1.45 bits per heavy atom. The molecular weight excluding hydrogens is 310 g/mol. The third-order valence-corrected chi connectivity index (χ3v) is 2.66. The van der Waals surface area contributed by atoms with E-state index in [2.05, 4.69) is 25.9 Å². The molecule has 0 aliphatic rings. The molecule has 0 atom stereocenters. The van der Waals surface area contributed by atoms with E-state index in [1.807, 2.05) is 0 Å². The van der Waals surface area contributed by atoms with Gasteiger partial charge in [0.05, 0.1) is 18.1 Å². The molecule has 0 fully saturated rings. The number of carbonyl (C=O) groups is 1. The molecule has 0 spiro atoms. The topological polar surface area (TPSA) is 120 Å². The van der Waals surface area contributed by atoms with Gasteiger partial charge in [0.25, 0.3) is 0 Å². The second-order valence-corrected chi connectivity index (χ2v) is 5.85. The van der Waals surface area contributed by atoms with Gasteiger partial charge in [0.2, 0.25) is 5.95 Å². The molecule has 10 heteroatoms. The fourth-order valence-corrected chi connectivity index (χ4v) is 1.89. The summed E-state index contributed by atoms with van der Waals surface area (Å²) >= 11 is 5.71. The highest BCUT2D eigenvalue weighted by molar-refractivity contribution is 6.17. The number of hydrazine groups is 1. The number of alkyl halides is 1. The van der Waals surface area contributed by atoms with Crippen molar-refractivity contribution in [1.29, 1.82) is 0 Å². The molecule has 2 rings (SSSR count). The van der Waals surface area contributed by atoms with Gasteiger partial charge in [-0.15, -0.1) is 11.6 Å². The predicted octanol–water partition coefficient (Wildman–Crippen LogP) is 1.50. The van der Waals surface area contributed by atoms with Gasteiger partial charge in [-0.3, -0.25) is 5.43 Å². The monoisotopic (exact) mass is 327 g/mol. The average Bonchev–Trinajstić information content (AvgIpc) is 2.78. The van der Waals surface area contributed by atoms with Crippen molar-refractivity contribution in [2.75, 3.05) is 17.0 Å². The largest absolute Gasteiger partial charge is 0.443 e. The van der Waals surface area contributed by atoms with E-state index in [1.165, 1.54) is 0 Å². The van der Waals surface area contributed by atoms with Crippen molar-refractivity contribution in [3.8, 4) is 0 Å². The van der Waals surface area contributed by atoms with E-state index in [0.29, 0.717) is 29.3 Å². The number of aromatic nitrogens is 4. The number of fused-ring (bicyclic) bond motifs is 1. The number of hydrogen-bond acceptors (Lipinski definition) is 7. The summed E-state index contributed by atoms with van der Waals surface area (Å²) in [6.07, 6.45) is 0.937. The predicted molar refractivity (Wildman–Crippen MR) is 83.4 cm³/mol. The van der Waals surface area contributed by atoms with E-state index < -0.39 is 11.7 Å². The van der Waals surface area contributed by atoms with Gasteiger partial charge in [-0.25, -0.2) is 14.9 Å². The molecule has 120 valence electrons. The molecule has 0 radical (unpaired) electrons. The zero-order valence-electron chi connectivity index (χ0n) is 12.6. The van der Waals surface area contributed by atoms with Gasteiger partial charge in [-0.2, -0.15) is 15.1 Å². The van der Waals surface area contributed by atoms with Crippen molar-refractivity contribution in [3.05, 3.63) is 6.20 Å². The lowest BCUT2D eigenvalue weighted by Crippen LogP contribution is -2.36. The van der Waals surface area contributed by atoms with Crippen LogP contribution in [0.1, 0.15) is 20.8 Å². The van der Waals surface area contributed by atoms with E-state index in [0.717, 1.165) is 0 Å². The first-order valence-corrected chi connectivity index (χ1v) is 7.13. The summed E-state index contributed by atoms with van der Waals surface area (Å²) in [5.74, 6) is 0.770. The third kappa shape index (κ3) is 3.88. The summed E-state index contributed by atoms with van der Waals surface area (Å²) in [6, 6.07) is 0. The second-order valence-electron chi connectivity index (χ2n) is 5.48. The fraction of sp³-hybridized carbons (Fsp3) is 0.500. The Morgan fingerprint density at radius 2 is 2.18 bits per heavy atom. The van der Waals surface area contributed by atoms with Crippen LogP contribution in [-0.4, -0.2) is 37.3 Å². The lowest BCUT2D eigenvalue weighted by molar-refractivity contribution is 0.0541. The Labute approximate surface area is 132 Å². The molecule has 0 aromatic carbocycles. The number of hydrogen-bond donors (Lipinski definition) is 3. The first-order chi connectivity index (χ1) is 10.3. The summed E-state index contributed by atoms with van der Waals surface area (Å²) in [5.41, 5.74) is 10.7. The third-order valence-electron chi connectivity index (χ3n) is 2.49. The first-order valence-electron chi connectivity index (χ1n) is 6.60. The highest BCUT2D eigenvalue weighted by Gasteiger charge is 2.17. The highest BCUT2D eigenvalue weighted by Crippen LogP contribution is 2.20. The van der Waals surface area contributed by atoms with Gasteiger partial charge in [-0.05, 0) is 20.8 Å². The van der Waals surface area contributed by atoms with E-state index in [9.17, 15) is 4.79 Å². The van der Waals surface area contributed by atoms with E-state index in [4.69, 9.17) is 22.1 Å². The maximum Gasteiger partial charge on any atom is 0.426 e. The molecular formula is C12H18ClN7O2. The molecule has 2 aromatic heterocycles. The Bertz CT molecular complexity index is 680. The molecule has 1 amide bonds. The van der Waals surface area contributed by atoms with Crippen LogP contribution in [0.5, 0.6) is 0 Å². The normalized spacial score (nSPS) is 11.5. The number of rotatable bonds is 4. The van der Waals surface area contributed by atoms with Gasteiger partial charge >= 0.3 is 6.09 Å². The standard InChI is InChI=1S/C12H18ClN7O2/c1-12(2,3)22-11(21)19-18-8-7-6-15-20(5-4-13)9(7)17-10(14)16-8/h6H,4-5H2,1-3H3,(H,19,21)(H3,14,16,17,18). The highest BCUT2D eigenvalue weighted by atomic mass is 35.5. The Kier molecular flexibility index (Phi) is 4.55. The molecule has 2 aromatic rings. The molecule has 22 heavy (non-hydrogen) atoms. The lowest BCUT2D eigenvalue weighted by Gasteiger charge is -2.20. The van der Waals surface area contributed by atoms with Gasteiger partial charge in [0, 0.05) is 5.88 Å². The molecule has 9 nitrogen and oxygen atoms in total. The first kappa shape index (κ1) is 16.1. The number of nitrogen functional groups attached to an aromatic ring is 1. The summed E-state index contributed by atoms with van der Waals surface area (Å²) in [7, 11) is 0. The summed E-state index contributed by atoms with van der Waals surface area (Å²) in [6.45, 7) is 5.79. The van der Waals surface area contributed by atoms with E-state index in [-0.39, 0.29) is 5.95 Å². The van der Waals surface area contributed by atoms with Crippen LogP contribution in [0.4, 0.5) is 16.6 Å². The van der Waals surface area contributed by atoms with Crippen molar-refractivity contribution in [2.45, 2.75) is 32.9 Å². The number of aryl methyl sites for hydroxylation is 1. The van der Waals surface area contributed by atoms with Crippen molar-refractivity contribution >= 4 is 40.5 Å². The molecule has 0 aliphatic heterocycles. The van der Waals surface area contributed by atoms with Crippen LogP contribution in [0, 0.1) is 0 Å². The van der Waals surface area contributed by atoms with Gasteiger partial charge in [0.1, 0.15) is 5.60 Å². The molecule has 4 N–H and O–H groups in total. The van der Waals surface area contributed by atoms with Gasteiger partial charge in [0.15, 0.2) is 11.5 Å². The number of nitrogens with two attached hydrogens (primary N) is 1. The Balaban J connectivity index is 2.19. The quantitative estimate of drug-likeness (QED) is 0.574. The van der Waals surface area contributed by atoms with Crippen LogP contribution in [-0.2, 0) is 11.3 Å². The maximum absolute atomic E-state index is 11.7. The van der Waals surface area contributed by atoms with Crippen LogP contribution in [0.15, 0.2) is 6.20 Å². The number of carbonyl (C=O) groups excluding carboxylic acids is 1. The Hall–Kier alpha value is -2.29. The van der Waals surface area contributed by atoms with E-state index >= 15 is 0 Å². The summed E-state index contributed by atoms with van der Waals surface area (Å²) < 4.78 is 6.73. The molecule has 0 bridgehead atoms. The second kappa shape index (κ2) is 6.22. The van der Waals surface area contributed by atoms with Crippen molar-refractivity contribution in [3.63, 3.8) is 0 Å². The van der Waals surface area contributed by atoms with Gasteiger partial charge < -0.3 is 10.5 Å². The molecule has 0 unspecified atom stereocenters. The van der Waals surface area contributed by atoms with Crippen molar-refractivity contribution in [1.82, 2.24) is 25.2 Å². The van der Waals surface area contributed by atoms with E-state index in [1.54, 1.807) is 31.6 Å². The maximum atomic E-state index is 11.7. The minimum Gasteiger partial charge on any atom is -0.443 e. The SMILES string of the molecule is CC(C)(C)OC(=O)NNc1nc(N)nc2c1cnn2CCCl. The van der Waals surface area contributed by atoms with Crippen molar-refractivity contribution in [2.24, 2.45) is 0 Å². The minimum absolute atomic E-state index is 0.0531. The van der Waals surface area contributed by atoms with Crippen LogP contribution in [0.2, 0.25) is 0 Å². The smallest absolute Gasteiger partial charge is 0.426 e. The molecule has 0 saturated heterocycles. The van der Waals surface area contributed by atoms with Crippen LogP contribution in [0.3, 0.4) is 0 Å². The summed E-state index contributed by atoms with van der Waals surface area (Å²) in [4.78, 5) is 19.8. The molecule has 0 saturated carbocycles. The fourth-order valence-electron chi connectivity index (χ4n) is 1.72. The number of amides is 1. The summed E-state index contributed by atoms with van der Waals surface area (Å²) in [5, 5.41) is 4.77. The number of anilines is 2. The lowest BCUT2D eigenvalue weighted by atomic mass is 10.2. The number of nitrogens with one attached hydrogen (secondary N) is 2. The Morgan fingerprint density at radius 3 is 2.82 bits per heavy atom. The number of nitrogens with zero attached hydrogens (tertiary/aromatic N) is 4. The zero-order valence-corrected chi connectivity index (χ0v) is 13.3. The number of ether oxygens (including phenoxy) is 1. The van der Waals surface area contributed by atoms with Crippen LogP contribution < -0.4 is 16.6 Å². The molecule has 2 heterocycles. The van der Waals surface area contributed by atoms with Crippen LogP contribution in [0.25, 0.3) is 11.0 Å².